The first kappa shape index (κ1) is 13.2. The highest BCUT2D eigenvalue weighted by Crippen LogP contribution is 2.23. The van der Waals surface area contributed by atoms with Crippen LogP contribution in [-0.2, 0) is 10.0 Å². The number of sulfonamides is 1. The van der Waals surface area contributed by atoms with Crippen LogP contribution in [0.4, 0.5) is 0 Å². The van der Waals surface area contributed by atoms with Crippen LogP contribution in [0.15, 0.2) is 35.8 Å². The van der Waals surface area contributed by atoms with E-state index in [9.17, 15) is 8.42 Å². The lowest BCUT2D eigenvalue weighted by Gasteiger charge is -2.16. The Bertz CT molecular complexity index is 407. The molecule has 1 unspecified atom stereocenters. The van der Waals surface area contributed by atoms with E-state index in [0.29, 0.717) is 23.9 Å². The minimum absolute atomic E-state index is 0.319. The van der Waals surface area contributed by atoms with E-state index >= 15 is 0 Å². The van der Waals surface area contributed by atoms with E-state index in [2.05, 4.69) is 13.5 Å². The van der Waals surface area contributed by atoms with Gasteiger partial charge >= 0.3 is 0 Å². The Morgan fingerprint density at radius 2 is 2.19 bits per heavy atom. The minimum atomic E-state index is -3.32. The molecular formula is C12H19NO2S. The summed E-state index contributed by atoms with van der Waals surface area (Å²) in [6, 6.07) is 0. The summed E-state index contributed by atoms with van der Waals surface area (Å²) in [5.74, 6) is 0.449. The second-order valence-electron chi connectivity index (χ2n) is 4.06. The molecule has 0 aromatic rings. The van der Waals surface area contributed by atoms with Gasteiger partial charge in [0.05, 0.1) is 4.91 Å². The monoisotopic (exact) mass is 241 g/mol. The smallest absolute Gasteiger partial charge is 0.207 e. The predicted molar refractivity (Wildman–Crippen MR) is 67.4 cm³/mol. The van der Waals surface area contributed by atoms with Crippen LogP contribution in [-0.4, -0.2) is 25.8 Å². The van der Waals surface area contributed by atoms with Crippen molar-refractivity contribution in [2.24, 2.45) is 5.92 Å². The van der Waals surface area contributed by atoms with Crippen LogP contribution in [0.25, 0.3) is 0 Å². The number of allylic oxidation sites excluding steroid dienone is 4. The van der Waals surface area contributed by atoms with Crippen molar-refractivity contribution in [1.82, 2.24) is 4.31 Å². The molecule has 0 amide bonds. The predicted octanol–water partition coefficient (Wildman–Crippen LogP) is 2.30. The van der Waals surface area contributed by atoms with Crippen LogP contribution >= 0.6 is 0 Å². The van der Waals surface area contributed by atoms with Crippen LogP contribution in [0.3, 0.4) is 0 Å². The van der Waals surface area contributed by atoms with Crippen molar-refractivity contribution >= 4 is 10.0 Å². The van der Waals surface area contributed by atoms with Crippen molar-refractivity contribution < 1.29 is 8.42 Å². The summed E-state index contributed by atoms with van der Waals surface area (Å²) in [6.07, 6.45) is 7.33. The third-order valence-electron chi connectivity index (χ3n) is 2.64. The van der Waals surface area contributed by atoms with Gasteiger partial charge in [0.2, 0.25) is 10.0 Å². The average Bonchev–Trinajstić information content (AvgIpc) is 2.65. The third-order valence-corrected chi connectivity index (χ3v) is 4.52. The summed E-state index contributed by atoms with van der Waals surface area (Å²) in [5, 5.41) is 0. The maximum Gasteiger partial charge on any atom is 0.243 e. The molecule has 0 aliphatic carbocycles. The van der Waals surface area contributed by atoms with E-state index < -0.39 is 10.0 Å². The lowest BCUT2D eigenvalue weighted by Crippen LogP contribution is -2.29. The van der Waals surface area contributed by atoms with Crippen molar-refractivity contribution in [3.8, 4) is 0 Å². The molecule has 1 atom stereocenters. The fraction of sp³-hybridized carbons (Fsp3) is 0.500. The second kappa shape index (κ2) is 5.46. The summed E-state index contributed by atoms with van der Waals surface area (Å²) in [7, 11) is -3.32. The normalized spacial score (nSPS) is 24.1. The van der Waals surface area contributed by atoms with E-state index in [-0.39, 0.29) is 0 Å². The number of rotatable bonds is 4. The Labute approximate surface area is 98.2 Å². The molecule has 0 aromatic heterocycles. The molecule has 16 heavy (non-hydrogen) atoms. The first-order chi connectivity index (χ1) is 7.52. The molecule has 1 saturated heterocycles. The lowest BCUT2D eigenvalue weighted by atomic mass is 10.2. The summed E-state index contributed by atoms with van der Waals surface area (Å²) < 4.78 is 26.0. The molecule has 1 aliphatic heterocycles. The molecule has 0 saturated carbocycles. The maximum atomic E-state index is 12.2. The molecule has 1 heterocycles. The van der Waals surface area contributed by atoms with Gasteiger partial charge in [-0.1, -0.05) is 25.7 Å². The number of hydrogen-bond donors (Lipinski definition) is 0. The third kappa shape index (κ3) is 2.83. The molecule has 90 valence electrons. The molecule has 3 nitrogen and oxygen atoms in total. The highest BCUT2D eigenvalue weighted by Gasteiger charge is 2.30. The summed E-state index contributed by atoms with van der Waals surface area (Å²) >= 11 is 0. The van der Waals surface area contributed by atoms with Gasteiger partial charge in [0, 0.05) is 13.1 Å². The molecular weight excluding hydrogens is 222 g/mol. The Morgan fingerprint density at radius 1 is 1.50 bits per heavy atom. The van der Waals surface area contributed by atoms with E-state index in [1.165, 1.54) is 6.08 Å². The van der Waals surface area contributed by atoms with Gasteiger partial charge in [0.15, 0.2) is 0 Å². The number of nitrogens with zero attached hydrogens (tertiary/aromatic N) is 1. The maximum absolute atomic E-state index is 12.2. The number of hydrogen-bond acceptors (Lipinski definition) is 2. The molecule has 0 N–H and O–H groups in total. The van der Waals surface area contributed by atoms with Gasteiger partial charge in [-0.2, -0.15) is 4.31 Å². The highest BCUT2D eigenvalue weighted by atomic mass is 32.2. The molecule has 0 aromatic carbocycles. The van der Waals surface area contributed by atoms with Crippen molar-refractivity contribution in [3.05, 3.63) is 35.8 Å². The molecule has 4 heteroatoms. The van der Waals surface area contributed by atoms with Gasteiger partial charge < -0.3 is 0 Å². The van der Waals surface area contributed by atoms with Gasteiger partial charge in [0.25, 0.3) is 0 Å². The van der Waals surface area contributed by atoms with Crippen molar-refractivity contribution in [3.63, 3.8) is 0 Å². The zero-order valence-electron chi connectivity index (χ0n) is 9.89. The van der Waals surface area contributed by atoms with E-state index in [1.807, 2.05) is 0 Å². The quantitative estimate of drug-likeness (QED) is 0.708. The van der Waals surface area contributed by atoms with Gasteiger partial charge in [-0.3, -0.25) is 0 Å². The van der Waals surface area contributed by atoms with E-state index in [4.69, 9.17) is 0 Å². The van der Waals surface area contributed by atoms with Gasteiger partial charge in [-0.25, -0.2) is 8.42 Å². The zero-order valence-corrected chi connectivity index (χ0v) is 10.7. The van der Waals surface area contributed by atoms with Crippen molar-refractivity contribution in [1.29, 1.82) is 0 Å². The molecule has 0 bridgehead atoms. The molecule has 1 rings (SSSR count). The van der Waals surface area contributed by atoms with Crippen molar-refractivity contribution in [2.45, 2.75) is 20.3 Å². The fourth-order valence-corrected chi connectivity index (χ4v) is 3.44. The standard InChI is InChI=1S/C12H19NO2S/c1-4-6-12(7-5-2)16(14,15)13-9-8-11(3)10-13/h4-7,11H,1,8-10H2,2-3H3/b7-5-,12-6+. The average molecular weight is 241 g/mol. The summed E-state index contributed by atoms with van der Waals surface area (Å²) in [5.41, 5.74) is 0. The Hall–Kier alpha value is -0.870. The summed E-state index contributed by atoms with van der Waals surface area (Å²) in [6.45, 7) is 8.66. The van der Waals surface area contributed by atoms with Crippen LogP contribution in [0, 0.1) is 5.92 Å². The molecule has 1 fully saturated rings. The van der Waals surface area contributed by atoms with Crippen LogP contribution in [0.2, 0.25) is 0 Å². The molecule has 1 aliphatic rings. The van der Waals surface area contributed by atoms with Crippen LogP contribution < -0.4 is 0 Å². The molecule has 0 radical (unpaired) electrons. The fourth-order valence-electron chi connectivity index (χ4n) is 1.77. The van der Waals surface area contributed by atoms with Gasteiger partial charge in [-0.05, 0) is 31.4 Å². The highest BCUT2D eigenvalue weighted by molar-refractivity contribution is 7.93. The van der Waals surface area contributed by atoms with Gasteiger partial charge in [0.1, 0.15) is 0 Å². The van der Waals surface area contributed by atoms with E-state index in [0.717, 1.165) is 6.42 Å². The largest absolute Gasteiger partial charge is 0.243 e. The molecule has 0 spiro atoms. The van der Waals surface area contributed by atoms with Crippen LogP contribution in [0.1, 0.15) is 20.3 Å². The Kier molecular flexibility index (Phi) is 4.50. The van der Waals surface area contributed by atoms with Crippen LogP contribution in [0.5, 0.6) is 0 Å². The first-order valence-electron chi connectivity index (χ1n) is 5.48. The van der Waals surface area contributed by atoms with E-state index in [1.54, 1.807) is 29.5 Å². The minimum Gasteiger partial charge on any atom is -0.207 e. The summed E-state index contributed by atoms with van der Waals surface area (Å²) in [4.78, 5) is 0.319. The SMILES string of the molecule is C=C/C=C(\C=C/C)S(=O)(=O)N1CCC(C)C1. The second-order valence-corrected chi connectivity index (χ2v) is 6.00. The zero-order chi connectivity index (χ0) is 12.2. The topological polar surface area (TPSA) is 37.4 Å². The van der Waals surface area contributed by atoms with Gasteiger partial charge in [-0.15, -0.1) is 0 Å². The lowest BCUT2D eigenvalue weighted by molar-refractivity contribution is 0.471. The Morgan fingerprint density at radius 3 is 2.62 bits per heavy atom. The Balaban J connectivity index is 2.99. The van der Waals surface area contributed by atoms with Crippen molar-refractivity contribution in [2.75, 3.05) is 13.1 Å². The first-order valence-corrected chi connectivity index (χ1v) is 6.92.